The number of H-pyrrole nitrogens is 1. The van der Waals surface area contributed by atoms with Crippen LogP contribution in [0.2, 0.25) is 0 Å². The molecule has 26 heavy (non-hydrogen) atoms. The van der Waals surface area contributed by atoms with Crippen molar-refractivity contribution in [2.24, 2.45) is 0 Å². The fraction of sp³-hybridized carbons (Fsp3) is 0.143. The molecule has 2 aromatic carbocycles. The summed E-state index contributed by atoms with van der Waals surface area (Å²) in [7, 11) is 0. The second kappa shape index (κ2) is 7.23. The van der Waals surface area contributed by atoms with E-state index < -0.39 is 0 Å². The highest BCUT2D eigenvalue weighted by Gasteiger charge is 2.11. The molecule has 2 heterocycles. The molecule has 0 aliphatic rings. The Labute approximate surface area is 155 Å². The number of thiophene rings is 1. The normalized spacial score (nSPS) is 12.3. The van der Waals surface area contributed by atoms with Crippen molar-refractivity contribution in [3.63, 3.8) is 0 Å². The van der Waals surface area contributed by atoms with Crippen LogP contribution in [0, 0.1) is 0 Å². The van der Waals surface area contributed by atoms with Crippen molar-refractivity contribution in [2.75, 3.05) is 0 Å². The molecule has 130 valence electrons. The molecule has 0 saturated carbocycles. The lowest BCUT2D eigenvalue weighted by Crippen LogP contribution is -2.21. The lowest BCUT2D eigenvalue weighted by Gasteiger charge is -2.13. The fourth-order valence-corrected chi connectivity index (χ4v) is 3.97. The van der Waals surface area contributed by atoms with Crippen LogP contribution in [0.15, 0.2) is 71.5 Å². The van der Waals surface area contributed by atoms with Crippen molar-refractivity contribution in [1.29, 1.82) is 0 Å². The molecule has 4 nitrogen and oxygen atoms in total. The lowest BCUT2D eigenvalue weighted by atomic mass is 10.1. The van der Waals surface area contributed by atoms with Crippen LogP contribution in [0.1, 0.15) is 24.4 Å². The Balaban J connectivity index is 1.58. The lowest BCUT2D eigenvalue weighted by molar-refractivity contribution is 0.559. The van der Waals surface area contributed by atoms with Crippen LogP contribution in [0.4, 0.5) is 0 Å². The summed E-state index contributed by atoms with van der Waals surface area (Å²) in [6.45, 7) is 2.62. The van der Waals surface area contributed by atoms with E-state index in [9.17, 15) is 4.79 Å². The van der Waals surface area contributed by atoms with Gasteiger partial charge in [0.25, 0.3) is 5.56 Å². The van der Waals surface area contributed by atoms with Gasteiger partial charge in [0.15, 0.2) is 0 Å². The van der Waals surface area contributed by atoms with Gasteiger partial charge < -0.3 is 10.3 Å². The van der Waals surface area contributed by atoms with Gasteiger partial charge in [-0.05, 0) is 24.1 Å². The number of hydrogen-bond acceptors (Lipinski definition) is 4. The first-order chi connectivity index (χ1) is 12.7. The molecule has 0 aliphatic heterocycles. The summed E-state index contributed by atoms with van der Waals surface area (Å²) in [6, 6.07) is 22.4. The molecule has 1 atom stereocenters. The van der Waals surface area contributed by atoms with Gasteiger partial charge in [0, 0.05) is 10.9 Å². The van der Waals surface area contributed by atoms with Crippen LogP contribution < -0.4 is 10.9 Å². The first-order valence-corrected chi connectivity index (χ1v) is 9.39. The van der Waals surface area contributed by atoms with Crippen LogP contribution in [0.5, 0.6) is 0 Å². The number of aromatic nitrogens is 2. The van der Waals surface area contributed by atoms with Gasteiger partial charge in [-0.3, -0.25) is 4.79 Å². The Bertz CT molecular complexity index is 1070. The number of nitrogens with zero attached hydrogens (tertiary/aromatic N) is 1. The van der Waals surface area contributed by atoms with E-state index >= 15 is 0 Å². The molecule has 2 N–H and O–H groups in total. The predicted octanol–water partition coefficient (Wildman–Crippen LogP) is 4.50. The summed E-state index contributed by atoms with van der Waals surface area (Å²) in [4.78, 5) is 21.8. The number of fused-ring (bicyclic) bond motifs is 1. The second-order valence-corrected chi connectivity index (χ2v) is 7.25. The van der Waals surface area contributed by atoms with E-state index in [1.54, 1.807) is 11.3 Å². The van der Waals surface area contributed by atoms with Gasteiger partial charge in [0.05, 0.1) is 11.9 Å². The van der Waals surface area contributed by atoms with E-state index in [0.717, 1.165) is 15.3 Å². The molecule has 0 saturated heterocycles. The number of nitrogens with one attached hydrogen (secondary N) is 2. The van der Waals surface area contributed by atoms with E-state index in [-0.39, 0.29) is 11.6 Å². The van der Waals surface area contributed by atoms with Gasteiger partial charge in [-0.25, -0.2) is 4.98 Å². The van der Waals surface area contributed by atoms with Crippen LogP contribution in [0.3, 0.4) is 0 Å². The van der Waals surface area contributed by atoms with Crippen molar-refractivity contribution < 1.29 is 0 Å². The highest BCUT2D eigenvalue weighted by atomic mass is 32.1. The monoisotopic (exact) mass is 361 g/mol. The largest absolute Gasteiger partial charge is 0.309 e. The Kier molecular flexibility index (Phi) is 4.65. The summed E-state index contributed by atoms with van der Waals surface area (Å²) in [5.74, 6) is 0.659. The van der Waals surface area contributed by atoms with Crippen LogP contribution >= 0.6 is 11.3 Å². The molecule has 0 fully saturated rings. The number of aromatic amines is 1. The molecule has 4 rings (SSSR count). The predicted molar refractivity (Wildman–Crippen MR) is 107 cm³/mol. The molecular weight excluding hydrogens is 342 g/mol. The number of benzene rings is 2. The Hall–Kier alpha value is -2.76. The van der Waals surface area contributed by atoms with Crippen molar-refractivity contribution in [2.45, 2.75) is 19.5 Å². The molecule has 0 amide bonds. The average Bonchev–Trinajstić information content (AvgIpc) is 3.12. The van der Waals surface area contributed by atoms with Gasteiger partial charge in [-0.15, -0.1) is 11.3 Å². The van der Waals surface area contributed by atoms with E-state index in [1.165, 1.54) is 5.56 Å². The quantitative estimate of drug-likeness (QED) is 0.550. The van der Waals surface area contributed by atoms with Crippen molar-refractivity contribution in [3.05, 3.63) is 88.5 Å². The molecule has 0 radical (unpaired) electrons. The molecule has 0 bridgehead atoms. The summed E-state index contributed by atoms with van der Waals surface area (Å²) in [6.07, 6.45) is 0. The zero-order chi connectivity index (χ0) is 17.9. The van der Waals surface area contributed by atoms with Crippen molar-refractivity contribution >= 4 is 21.6 Å². The summed E-state index contributed by atoms with van der Waals surface area (Å²) in [5.41, 5.74) is 2.23. The number of rotatable bonds is 5. The standard InChI is InChI=1S/C21H19N3OS/c1-14(15-8-4-2-5-9-15)22-13-19-23-20(25)17-12-18(26-21(17)24-19)16-10-6-3-7-11-16/h2-12,14,22H,13H2,1H3,(H,23,24,25)/t14-/m0/s1. The molecule has 4 aromatic rings. The molecule has 0 aliphatic carbocycles. The van der Waals surface area contributed by atoms with Crippen LogP contribution in [-0.2, 0) is 6.54 Å². The average molecular weight is 361 g/mol. The van der Waals surface area contributed by atoms with Gasteiger partial charge in [-0.2, -0.15) is 0 Å². The number of hydrogen-bond donors (Lipinski definition) is 2. The Morgan fingerprint density at radius 2 is 1.77 bits per heavy atom. The van der Waals surface area contributed by atoms with E-state index in [4.69, 9.17) is 0 Å². The van der Waals surface area contributed by atoms with Gasteiger partial charge >= 0.3 is 0 Å². The molecule has 0 unspecified atom stereocenters. The first-order valence-electron chi connectivity index (χ1n) is 8.57. The first kappa shape index (κ1) is 16.7. The maximum absolute atomic E-state index is 12.4. The third-order valence-electron chi connectivity index (χ3n) is 4.38. The van der Waals surface area contributed by atoms with Gasteiger partial charge in [-0.1, -0.05) is 60.7 Å². The van der Waals surface area contributed by atoms with Crippen molar-refractivity contribution in [1.82, 2.24) is 15.3 Å². The minimum absolute atomic E-state index is 0.0856. The van der Waals surface area contributed by atoms with Crippen LogP contribution in [-0.4, -0.2) is 9.97 Å². The molecule has 2 aromatic heterocycles. The second-order valence-electron chi connectivity index (χ2n) is 6.22. The Morgan fingerprint density at radius 1 is 1.08 bits per heavy atom. The van der Waals surface area contributed by atoms with Gasteiger partial charge in [0.2, 0.25) is 0 Å². The molecule has 0 spiro atoms. The topological polar surface area (TPSA) is 57.8 Å². The summed E-state index contributed by atoms with van der Waals surface area (Å²) in [5, 5.41) is 4.06. The third kappa shape index (κ3) is 3.45. The fourth-order valence-electron chi connectivity index (χ4n) is 2.91. The van der Waals surface area contributed by atoms with E-state index in [0.29, 0.717) is 17.8 Å². The smallest absolute Gasteiger partial charge is 0.259 e. The zero-order valence-electron chi connectivity index (χ0n) is 14.4. The maximum atomic E-state index is 12.4. The summed E-state index contributed by atoms with van der Waals surface area (Å²) >= 11 is 1.55. The highest BCUT2D eigenvalue weighted by molar-refractivity contribution is 7.21. The van der Waals surface area contributed by atoms with E-state index in [2.05, 4.69) is 34.3 Å². The Morgan fingerprint density at radius 3 is 2.50 bits per heavy atom. The van der Waals surface area contributed by atoms with Crippen LogP contribution in [0.25, 0.3) is 20.7 Å². The summed E-state index contributed by atoms with van der Waals surface area (Å²) < 4.78 is 0. The molecular formula is C21H19N3OS. The highest BCUT2D eigenvalue weighted by Crippen LogP contribution is 2.30. The molecule has 5 heteroatoms. The zero-order valence-corrected chi connectivity index (χ0v) is 15.2. The minimum Gasteiger partial charge on any atom is -0.309 e. The minimum atomic E-state index is -0.0856. The van der Waals surface area contributed by atoms with Gasteiger partial charge in [0.1, 0.15) is 10.7 Å². The van der Waals surface area contributed by atoms with E-state index in [1.807, 2.05) is 54.6 Å². The SMILES string of the molecule is C[C@H](NCc1nc2sc(-c3ccccc3)cc2c(=O)[nH]1)c1ccccc1. The maximum Gasteiger partial charge on any atom is 0.259 e. The van der Waals surface area contributed by atoms with Crippen molar-refractivity contribution in [3.8, 4) is 10.4 Å². The third-order valence-corrected chi connectivity index (χ3v) is 5.46.